The first-order chi connectivity index (χ1) is 14.6. The average molecular weight is 445 g/mol. The van der Waals surface area contributed by atoms with Crippen molar-refractivity contribution in [1.29, 1.82) is 0 Å². The van der Waals surface area contributed by atoms with Crippen molar-refractivity contribution in [2.75, 3.05) is 7.11 Å². The average Bonchev–Trinajstić information content (AvgIpc) is 3.13. The van der Waals surface area contributed by atoms with Gasteiger partial charge in [-0.2, -0.15) is 0 Å². The number of rotatable bonds is 4. The van der Waals surface area contributed by atoms with Gasteiger partial charge in [-0.1, -0.05) is 25.4 Å². The molecule has 0 spiro atoms. The Kier molecular flexibility index (Phi) is 5.20. The summed E-state index contributed by atoms with van der Waals surface area (Å²) in [5, 5.41) is 0.484. The number of ether oxygens (including phenoxy) is 1. The van der Waals surface area contributed by atoms with Crippen LogP contribution in [0.5, 0.6) is 5.75 Å². The van der Waals surface area contributed by atoms with Gasteiger partial charge < -0.3 is 22.3 Å². The van der Waals surface area contributed by atoms with E-state index in [4.69, 9.17) is 16.3 Å². The Balaban J connectivity index is 2.22. The van der Waals surface area contributed by atoms with E-state index < -0.39 is 6.97 Å². The maximum absolute atomic E-state index is 16.2. The van der Waals surface area contributed by atoms with E-state index in [-0.39, 0.29) is 0 Å². The minimum absolute atomic E-state index is 0.484. The largest absolute Gasteiger partial charge is 0.737 e. The summed E-state index contributed by atoms with van der Waals surface area (Å²) in [6.07, 6.45) is 1.39. The van der Waals surface area contributed by atoms with Crippen LogP contribution >= 0.6 is 11.6 Å². The molecular formula is C24H28BClF2N2O. The molecule has 4 rings (SSSR count). The van der Waals surface area contributed by atoms with E-state index in [2.05, 4.69) is 0 Å². The molecule has 0 fully saturated rings. The van der Waals surface area contributed by atoms with Gasteiger partial charge in [0.05, 0.1) is 17.7 Å². The molecule has 3 heterocycles. The van der Waals surface area contributed by atoms with E-state index in [1.807, 2.05) is 39.8 Å². The summed E-state index contributed by atoms with van der Waals surface area (Å²) in [6.45, 7) is 7.49. The molecule has 2 aliphatic rings. The summed E-state index contributed by atoms with van der Waals surface area (Å²) < 4.78 is 40.3. The van der Waals surface area contributed by atoms with Gasteiger partial charge >= 0.3 is 6.97 Å². The molecule has 7 heteroatoms. The number of methoxy groups -OCH3 is 1. The first-order valence-corrected chi connectivity index (χ1v) is 11.1. The molecule has 0 bridgehead atoms. The van der Waals surface area contributed by atoms with Gasteiger partial charge in [-0.05, 0) is 68.6 Å². The van der Waals surface area contributed by atoms with Crippen LogP contribution in [0.25, 0.3) is 5.57 Å². The fraction of sp³-hybridized carbons (Fsp3) is 0.375. The number of benzene rings is 1. The van der Waals surface area contributed by atoms with E-state index in [1.165, 1.54) is 8.96 Å². The zero-order chi connectivity index (χ0) is 22.8. The van der Waals surface area contributed by atoms with Crippen molar-refractivity contribution in [1.82, 2.24) is 4.48 Å². The molecule has 0 amide bonds. The SMILES string of the molecule is CCC1=C(C)C2=C(c3ccc(OC)cc3Cl)c3c(C)c(CC)c(C)n3[B-](F)(F)[N+]2=C1C. The van der Waals surface area contributed by atoms with Gasteiger partial charge in [-0.3, -0.25) is 0 Å². The van der Waals surface area contributed by atoms with Crippen LogP contribution < -0.4 is 4.74 Å². The van der Waals surface area contributed by atoms with Crippen LogP contribution in [0.3, 0.4) is 0 Å². The van der Waals surface area contributed by atoms with E-state index in [9.17, 15) is 0 Å². The van der Waals surface area contributed by atoms with Crippen molar-refractivity contribution in [3.8, 4) is 5.75 Å². The number of hydrogen-bond donors (Lipinski definition) is 0. The lowest BCUT2D eigenvalue weighted by molar-refractivity contribution is -0.363. The van der Waals surface area contributed by atoms with E-state index in [0.29, 0.717) is 46.4 Å². The lowest BCUT2D eigenvalue weighted by Crippen LogP contribution is -2.51. The van der Waals surface area contributed by atoms with Gasteiger partial charge in [-0.15, -0.1) is 0 Å². The number of fused-ring (bicyclic) bond motifs is 2. The molecule has 1 aromatic carbocycles. The molecule has 0 unspecified atom stereocenters. The highest BCUT2D eigenvalue weighted by Crippen LogP contribution is 2.48. The van der Waals surface area contributed by atoms with E-state index in [0.717, 1.165) is 33.4 Å². The molecule has 3 nitrogen and oxygen atoms in total. The smallest absolute Gasteiger partial charge is 0.497 e. The van der Waals surface area contributed by atoms with Crippen LogP contribution in [0.4, 0.5) is 8.63 Å². The minimum atomic E-state index is -4.03. The molecule has 1 aromatic heterocycles. The van der Waals surface area contributed by atoms with E-state index in [1.54, 1.807) is 27.0 Å². The summed E-state index contributed by atoms with van der Waals surface area (Å²) >= 11 is 6.71. The number of nitrogens with zero attached hydrogens (tertiary/aromatic N) is 2. The van der Waals surface area contributed by atoms with Crippen molar-refractivity contribution in [2.45, 2.75) is 54.4 Å². The van der Waals surface area contributed by atoms with Crippen molar-refractivity contribution >= 4 is 29.9 Å². The maximum atomic E-state index is 16.2. The molecule has 0 aliphatic carbocycles. The molecule has 2 aliphatic heterocycles. The summed E-state index contributed by atoms with van der Waals surface area (Å²) in [6, 6.07) is 5.45. The molecule has 164 valence electrons. The fourth-order valence-electron chi connectivity index (χ4n) is 5.56. The summed E-state index contributed by atoms with van der Waals surface area (Å²) in [5.41, 5.74) is 7.62. The van der Waals surface area contributed by atoms with Gasteiger partial charge in [0.25, 0.3) is 0 Å². The van der Waals surface area contributed by atoms with Crippen LogP contribution in [-0.2, 0) is 6.42 Å². The first-order valence-electron chi connectivity index (χ1n) is 10.8. The predicted molar refractivity (Wildman–Crippen MR) is 125 cm³/mol. The topological polar surface area (TPSA) is 17.2 Å². The Labute approximate surface area is 187 Å². The van der Waals surface area contributed by atoms with Crippen LogP contribution in [0.2, 0.25) is 5.02 Å². The molecule has 0 saturated heterocycles. The predicted octanol–water partition coefficient (Wildman–Crippen LogP) is 6.54. The summed E-state index contributed by atoms with van der Waals surface area (Å²) in [4.78, 5) is 0. The number of aromatic nitrogens is 1. The highest BCUT2D eigenvalue weighted by Gasteiger charge is 2.56. The van der Waals surface area contributed by atoms with Gasteiger partial charge in [-0.25, -0.2) is 0 Å². The van der Waals surface area contributed by atoms with Gasteiger partial charge in [0.15, 0.2) is 5.70 Å². The van der Waals surface area contributed by atoms with Crippen molar-refractivity contribution in [2.24, 2.45) is 0 Å². The Morgan fingerprint density at radius 3 is 2.32 bits per heavy atom. The summed E-state index contributed by atoms with van der Waals surface area (Å²) in [7, 11) is 1.58. The van der Waals surface area contributed by atoms with Gasteiger partial charge in [0.1, 0.15) is 11.5 Å². The fourth-order valence-corrected chi connectivity index (χ4v) is 5.82. The van der Waals surface area contributed by atoms with Crippen molar-refractivity contribution < 1.29 is 17.9 Å². The first kappa shape index (κ1) is 21.9. The highest BCUT2D eigenvalue weighted by molar-refractivity contribution is 6.58. The quantitative estimate of drug-likeness (QED) is 0.489. The highest BCUT2D eigenvalue weighted by atomic mass is 35.5. The Morgan fingerprint density at radius 2 is 1.77 bits per heavy atom. The van der Waals surface area contributed by atoms with Gasteiger partial charge in [0.2, 0.25) is 0 Å². The second-order valence-electron chi connectivity index (χ2n) is 8.33. The molecule has 31 heavy (non-hydrogen) atoms. The van der Waals surface area contributed by atoms with Crippen LogP contribution in [0.1, 0.15) is 62.2 Å². The zero-order valence-corrected chi connectivity index (χ0v) is 19.9. The molecule has 0 radical (unpaired) electrons. The molecule has 2 aromatic rings. The molecule has 0 atom stereocenters. The third-order valence-electron chi connectivity index (χ3n) is 6.94. The van der Waals surface area contributed by atoms with Crippen LogP contribution in [0.15, 0.2) is 35.0 Å². The Hall–Kier alpha value is -2.34. The second kappa shape index (κ2) is 7.37. The third kappa shape index (κ3) is 2.80. The Bertz CT molecular complexity index is 1220. The molecular weight excluding hydrogens is 417 g/mol. The lowest BCUT2D eigenvalue weighted by Gasteiger charge is -2.34. The normalized spacial score (nSPS) is 17.5. The molecule has 0 N–H and O–H groups in total. The van der Waals surface area contributed by atoms with Crippen molar-refractivity contribution in [3.63, 3.8) is 0 Å². The zero-order valence-electron chi connectivity index (χ0n) is 19.2. The minimum Gasteiger partial charge on any atom is -0.497 e. The van der Waals surface area contributed by atoms with Crippen LogP contribution in [-0.4, -0.2) is 28.8 Å². The van der Waals surface area contributed by atoms with Crippen molar-refractivity contribution in [3.05, 3.63) is 68.1 Å². The lowest BCUT2D eigenvalue weighted by atomic mass is 9.83. The monoisotopic (exact) mass is 444 g/mol. The number of hydrogen-bond acceptors (Lipinski definition) is 1. The summed E-state index contributed by atoms with van der Waals surface area (Å²) in [5.74, 6) is 0.634. The van der Waals surface area contributed by atoms with E-state index >= 15 is 8.63 Å². The second-order valence-corrected chi connectivity index (χ2v) is 8.74. The van der Waals surface area contributed by atoms with Crippen LogP contribution in [0, 0.1) is 13.8 Å². The third-order valence-corrected chi connectivity index (χ3v) is 7.25. The van der Waals surface area contributed by atoms with Gasteiger partial charge in [0, 0.05) is 29.3 Å². The standard InChI is InChI=1S/C24H28BClF2N2O/c1-8-18-13(3)23-22(20-11-10-17(31-7)12-21(20)26)24-14(4)19(9-2)16(6)30(24)25(27,28)29(23)15(18)5/h10-12H,8-9H2,1-7H3. The number of halogens is 3. The number of allylic oxidation sites excluding steroid dienone is 2. The Morgan fingerprint density at radius 1 is 1.10 bits per heavy atom. The molecule has 0 saturated carbocycles. The maximum Gasteiger partial charge on any atom is 0.737 e.